The van der Waals surface area contributed by atoms with Gasteiger partial charge in [0.15, 0.2) is 0 Å². The van der Waals surface area contributed by atoms with Gasteiger partial charge in [-0.2, -0.15) is 5.10 Å². The van der Waals surface area contributed by atoms with Crippen LogP contribution in [0.5, 0.6) is 0 Å². The van der Waals surface area contributed by atoms with Crippen LogP contribution in [0.4, 0.5) is 10.5 Å². The lowest BCUT2D eigenvalue weighted by molar-refractivity contribution is 0.124. The number of carbonyl (C=O) groups is 1. The minimum absolute atomic E-state index is 0.00923. The summed E-state index contributed by atoms with van der Waals surface area (Å²) >= 11 is 0. The number of piperidine rings is 2. The number of rotatable bonds is 3. The molecule has 0 radical (unpaired) electrons. The summed E-state index contributed by atoms with van der Waals surface area (Å²) in [7, 11) is 1.85. The van der Waals surface area contributed by atoms with Crippen LogP contribution in [0.2, 0.25) is 0 Å². The molecule has 2 fully saturated rings. The van der Waals surface area contributed by atoms with Crippen LogP contribution in [0, 0.1) is 11.8 Å². The van der Waals surface area contributed by atoms with E-state index in [0.717, 1.165) is 37.7 Å². The summed E-state index contributed by atoms with van der Waals surface area (Å²) in [6.45, 7) is 7.67. The molecule has 128 valence electrons. The Bertz CT molecular complexity index is 521. The zero-order valence-corrected chi connectivity index (χ0v) is 14.4. The molecule has 2 aliphatic heterocycles. The van der Waals surface area contributed by atoms with Crippen LogP contribution in [0.3, 0.4) is 0 Å². The molecule has 1 N–H and O–H groups in total. The van der Waals surface area contributed by atoms with Gasteiger partial charge >= 0.3 is 6.03 Å². The van der Waals surface area contributed by atoms with E-state index in [1.165, 1.54) is 32.4 Å². The predicted octanol–water partition coefficient (Wildman–Crippen LogP) is 2.40. The number of hydrogen-bond donors (Lipinski definition) is 1. The Morgan fingerprint density at radius 1 is 1.30 bits per heavy atom. The molecule has 6 heteroatoms. The Kier molecular flexibility index (Phi) is 5.20. The molecule has 1 unspecified atom stereocenters. The highest BCUT2D eigenvalue weighted by Gasteiger charge is 2.26. The molecule has 3 heterocycles. The molecule has 0 saturated carbocycles. The Hall–Kier alpha value is -1.56. The topological polar surface area (TPSA) is 53.4 Å². The summed E-state index contributed by atoms with van der Waals surface area (Å²) in [6, 6.07) is 0.00923. The van der Waals surface area contributed by atoms with Gasteiger partial charge in [0.05, 0.1) is 11.9 Å². The fourth-order valence-corrected chi connectivity index (χ4v) is 3.70. The molecule has 1 aromatic heterocycles. The number of amides is 2. The van der Waals surface area contributed by atoms with Crippen molar-refractivity contribution in [1.82, 2.24) is 19.6 Å². The van der Waals surface area contributed by atoms with Gasteiger partial charge in [-0.05, 0) is 50.6 Å². The zero-order chi connectivity index (χ0) is 16.2. The quantitative estimate of drug-likeness (QED) is 0.931. The SMILES string of the molecule is CC1CCN(CC2CCCN(C(=O)Nc3cnn(C)c3)C2)CC1. The minimum Gasteiger partial charge on any atom is -0.324 e. The third-order valence-corrected chi connectivity index (χ3v) is 5.16. The summed E-state index contributed by atoms with van der Waals surface area (Å²) in [4.78, 5) is 17.0. The second kappa shape index (κ2) is 7.34. The minimum atomic E-state index is 0.00923. The van der Waals surface area contributed by atoms with Gasteiger partial charge in [0.25, 0.3) is 0 Å². The van der Waals surface area contributed by atoms with E-state index in [9.17, 15) is 4.79 Å². The normalized spacial score (nSPS) is 23.9. The molecule has 6 nitrogen and oxygen atoms in total. The second-order valence-corrected chi connectivity index (χ2v) is 7.27. The number of carbonyl (C=O) groups excluding carboxylic acids is 1. The van der Waals surface area contributed by atoms with Crippen molar-refractivity contribution in [2.75, 3.05) is 38.0 Å². The van der Waals surface area contributed by atoms with E-state index < -0.39 is 0 Å². The van der Waals surface area contributed by atoms with E-state index in [4.69, 9.17) is 0 Å². The van der Waals surface area contributed by atoms with Gasteiger partial charge < -0.3 is 15.1 Å². The molecular formula is C17H29N5O. The van der Waals surface area contributed by atoms with Crippen molar-refractivity contribution in [1.29, 1.82) is 0 Å². The van der Waals surface area contributed by atoms with E-state index in [1.807, 2.05) is 18.1 Å². The molecule has 0 aromatic carbocycles. The van der Waals surface area contributed by atoms with Crippen molar-refractivity contribution >= 4 is 11.7 Å². The summed E-state index contributed by atoms with van der Waals surface area (Å²) in [5.41, 5.74) is 0.768. The smallest absolute Gasteiger partial charge is 0.321 e. The van der Waals surface area contributed by atoms with Crippen LogP contribution in [0.15, 0.2) is 12.4 Å². The van der Waals surface area contributed by atoms with Crippen molar-refractivity contribution in [3.05, 3.63) is 12.4 Å². The van der Waals surface area contributed by atoms with Crippen molar-refractivity contribution in [3.8, 4) is 0 Å². The van der Waals surface area contributed by atoms with Crippen LogP contribution in [0.25, 0.3) is 0 Å². The first-order valence-corrected chi connectivity index (χ1v) is 8.87. The Morgan fingerprint density at radius 3 is 2.78 bits per heavy atom. The van der Waals surface area contributed by atoms with Crippen molar-refractivity contribution in [2.24, 2.45) is 18.9 Å². The molecule has 2 aliphatic rings. The fourth-order valence-electron chi connectivity index (χ4n) is 3.70. The monoisotopic (exact) mass is 319 g/mol. The van der Waals surface area contributed by atoms with Gasteiger partial charge in [0.1, 0.15) is 0 Å². The number of anilines is 1. The molecule has 0 aliphatic carbocycles. The van der Waals surface area contributed by atoms with Crippen molar-refractivity contribution in [3.63, 3.8) is 0 Å². The number of aryl methyl sites for hydroxylation is 1. The molecule has 1 atom stereocenters. The summed E-state index contributed by atoms with van der Waals surface area (Å²) < 4.78 is 1.70. The summed E-state index contributed by atoms with van der Waals surface area (Å²) in [5, 5.41) is 7.04. The molecule has 2 saturated heterocycles. The molecular weight excluding hydrogens is 290 g/mol. The van der Waals surface area contributed by atoms with Crippen LogP contribution in [-0.4, -0.2) is 58.3 Å². The molecule has 1 aromatic rings. The Labute approximate surface area is 138 Å². The highest BCUT2D eigenvalue weighted by atomic mass is 16.2. The first-order valence-electron chi connectivity index (χ1n) is 8.87. The lowest BCUT2D eigenvalue weighted by Crippen LogP contribution is -2.46. The average Bonchev–Trinajstić information content (AvgIpc) is 2.95. The van der Waals surface area contributed by atoms with Gasteiger partial charge in [-0.25, -0.2) is 4.79 Å². The Morgan fingerprint density at radius 2 is 2.09 bits per heavy atom. The largest absolute Gasteiger partial charge is 0.324 e. The highest BCUT2D eigenvalue weighted by Crippen LogP contribution is 2.22. The maximum absolute atomic E-state index is 12.4. The van der Waals surface area contributed by atoms with Crippen molar-refractivity contribution in [2.45, 2.75) is 32.6 Å². The number of hydrogen-bond acceptors (Lipinski definition) is 3. The standard InChI is InChI=1S/C17H29N5O/c1-14-5-8-21(9-6-14)11-15-4-3-7-22(12-15)17(23)19-16-10-18-20(2)13-16/h10,13-15H,3-9,11-12H2,1-2H3,(H,19,23). The molecule has 2 amide bonds. The van der Waals surface area contributed by atoms with Gasteiger partial charge in [0, 0.05) is 32.9 Å². The first-order chi connectivity index (χ1) is 11.1. The maximum Gasteiger partial charge on any atom is 0.321 e. The molecule has 0 spiro atoms. The highest BCUT2D eigenvalue weighted by molar-refractivity contribution is 5.89. The number of likely N-dealkylation sites (tertiary alicyclic amines) is 2. The number of aromatic nitrogens is 2. The third-order valence-electron chi connectivity index (χ3n) is 5.16. The Balaban J connectivity index is 1.48. The lowest BCUT2D eigenvalue weighted by Gasteiger charge is -2.37. The third kappa shape index (κ3) is 4.47. The maximum atomic E-state index is 12.4. The van der Waals surface area contributed by atoms with E-state index in [1.54, 1.807) is 10.9 Å². The van der Waals surface area contributed by atoms with Crippen LogP contribution in [0.1, 0.15) is 32.6 Å². The zero-order valence-electron chi connectivity index (χ0n) is 14.4. The number of nitrogens with one attached hydrogen (secondary N) is 1. The fraction of sp³-hybridized carbons (Fsp3) is 0.765. The summed E-state index contributed by atoms with van der Waals surface area (Å²) in [5.74, 6) is 1.48. The lowest BCUT2D eigenvalue weighted by atomic mass is 9.94. The first kappa shape index (κ1) is 16.3. The molecule has 0 bridgehead atoms. The van der Waals surface area contributed by atoms with Crippen molar-refractivity contribution < 1.29 is 4.79 Å². The average molecular weight is 319 g/mol. The van der Waals surface area contributed by atoms with Gasteiger partial charge in [-0.15, -0.1) is 0 Å². The van der Waals surface area contributed by atoms with Gasteiger partial charge in [-0.1, -0.05) is 6.92 Å². The van der Waals surface area contributed by atoms with Crippen LogP contribution < -0.4 is 5.32 Å². The number of urea groups is 1. The van der Waals surface area contributed by atoms with E-state index in [2.05, 4.69) is 22.2 Å². The second-order valence-electron chi connectivity index (χ2n) is 7.27. The van der Waals surface area contributed by atoms with E-state index >= 15 is 0 Å². The van der Waals surface area contributed by atoms with E-state index in [0.29, 0.717) is 5.92 Å². The molecule has 23 heavy (non-hydrogen) atoms. The predicted molar refractivity (Wildman–Crippen MR) is 91.4 cm³/mol. The molecule has 3 rings (SSSR count). The van der Waals surface area contributed by atoms with Crippen LogP contribution in [-0.2, 0) is 7.05 Å². The van der Waals surface area contributed by atoms with Gasteiger partial charge in [-0.3, -0.25) is 4.68 Å². The van der Waals surface area contributed by atoms with Crippen LogP contribution >= 0.6 is 0 Å². The summed E-state index contributed by atoms with van der Waals surface area (Å²) in [6.07, 6.45) is 8.50. The van der Waals surface area contributed by atoms with E-state index in [-0.39, 0.29) is 6.03 Å². The van der Waals surface area contributed by atoms with Gasteiger partial charge in [0.2, 0.25) is 0 Å². The number of nitrogens with zero attached hydrogens (tertiary/aromatic N) is 4.